The molecule has 2 aromatic rings. The first-order valence-electron chi connectivity index (χ1n) is 8.10. The van der Waals surface area contributed by atoms with Crippen molar-refractivity contribution in [1.29, 1.82) is 0 Å². The molecule has 1 fully saturated rings. The Morgan fingerprint density at radius 2 is 2.00 bits per heavy atom. The molecule has 140 valence electrons. The van der Waals surface area contributed by atoms with Crippen molar-refractivity contribution in [1.82, 2.24) is 4.31 Å². The van der Waals surface area contributed by atoms with E-state index in [1.54, 1.807) is 17.8 Å². The largest absolute Gasteiger partial charge is 0.326 e. The second kappa shape index (κ2) is 8.31. The van der Waals surface area contributed by atoms with Gasteiger partial charge in [0.25, 0.3) is 10.0 Å². The van der Waals surface area contributed by atoms with Crippen LogP contribution in [0, 0.1) is 5.92 Å². The average molecular weight is 431 g/mol. The zero-order valence-electron chi connectivity index (χ0n) is 14.1. The number of hydrogen-bond donors (Lipinski definition) is 1. The van der Waals surface area contributed by atoms with Crippen molar-refractivity contribution in [2.45, 2.75) is 21.9 Å². The normalized spacial score (nSPS) is 18.6. The maximum atomic E-state index is 12.7. The average Bonchev–Trinajstić information content (AvgIpc) is 3.10. The number of carbonyl (C=O) groups is 1. The maximum Gasteiger partial charge on any atom is 0.252 e. The number of carbonyl (C=O) groups excluding carboxylic acids is 1. The Hall–Kier alpha value is -1.06. The highest BCUT2D eigenvalue weighted by atomic mass is 35.5. The summed E-state index contributed by atoms with van der Waals surface area (Å²) in [6.07, 6.45) is 3.32. The van der Waals surface area contributed by atoms with Gasteiger partial charge in [-0.3, -0.25) is 4.79 Å². The van der Waals surface area contributed by atoms with Crippen LogP contribution in [0.4, 0.5) is 5.69 Å². The molecule has 5 nitrogen and oxygen atoms in total. The highest BCUT2D eigenvalue weighted by molar-refractivity contribution is 7.98. The number of hydrogen-bond acceptors (Lipinski definition) is 5. The van der Waals surface area contributed by atoms with Crippen LogP contribution in [0.25, 0.3) is 0 Å². The van der Waals surface area contributed by atoms with E-state index in [-0.39, 0.29) is 22.6 Å². The summed E-state index contributed by atoms with van der Waals surface area (Å²) in [6.45, 7) is 0.608. The molecule has 2 heterocycles. The summed E-state index contributed by atoms with van der Waals surface area (Å²) in [7, 11) is -3.60. The molecule has 1 aromatic carbocycles. The third kappa shape index (κ3) is 4.43. The second-order valence-corrected chi connectivity index (χ2v) is 10.7. The number of thioether (sulfide) groups is 1. The SMILES string of the molecule is CSc1ccc(NC(=O)C2CCCN(S(=O)(=O)c3ccc(Cl)s3)C2)cc1. The first kappa shape index (κ1) is 19.7. The molecule has 1 aliphatic rings. The lowest BCUT2D eigenvalue weighted by Gasteiger charge is -2.30. The number of nitrogens with zero attached hydrogens (tertiary/aromatic N) is 1. The Bertz CT molecular complexity index is 881. The summed E-state index contributed by atoms with van der Waals surface area (Å²) in [6, 6.07) is 10.7. The fourth-order valence-electron chi connectivity index (χ4n) is 2.86. The first-order chi connectivity index (χ1) is 12.4. The maximum absolute atomic E-state index is 12.7. The third-order valence-corrected chi connectivity index (χ3v) is 8.56. The van der Waals surface area contributed by atoms with Crippen molar-refractivity contribution in [3.05, 3.63) is 40.7 Å². The molecule has 3 rings (SSSR count). The van der Waals surface area contributed by atoms with Crippen molar-refractivity contribution in [3.63, 3.8) is 0 Å². The fraction of sp³-hybridized carbons (Fsp3) is 0.353. The van der Waals surface area contributed by atoms with E-state index in [9.17, 15) is 13.2 Å². The molecule has 26 heavy (non-hydrogen) atoms. The quantitative estimate of drug-likeness (QED) is 0.723. The van der Waals surface area contributed by atoms with Crippen LogP contribution in [-0.4, -0.2) is 38.0 Å². The van der Waals surface area contributed by atoms with Crippen molar-refractivity contribution >= 4 is 56.3 Å². The summed E-state index contributed by atoms with van der Waals surface area (Å²) in [5.41, 5.74) is 0.720. The van der Waals surface area contributed by atoms with E-state index in [1.807, 2.05) is 30.5 Å². The minimum atomic E-state index is -3.60. The lowest BCUT2D eigenvalue weighted by molar-refractivity contribution is -0.120. The van der Waals surface area contributed by atoms with Crippen LogP contribution in [0.15, 0.2) is 45.5 Å². The van der Waals surface area contributed by atoms with Gasteiger partial charge in [0.05, 0.1) is 10.3 Å². The molecule has 1 atom stereocenters. The van der Waals surface area contributed by atoms with Crippen LogP contribution < -0.4 is 5.32 Å². The van der Waals surface area contributed by atoms with Crippen molar-refractivity contribution in [2.24, 2.45) is 5.92 Å². The van der Waals surface area contributed by atoms with E-state index in [2.05, 4.69) is 5.32 Å². The van der Waals surface area contributed by atoms with Crippen LogP contribution in [-0.2, 0) is 14.8 Å². The number of thiophene rings is 1. The topological polar surface area (TPSA) is 66.5 Å². The van der Waals surface area contributed by atoms with E-state index in [1.165, 1.54) is 10.4 Å². The van der Waals surface area contributed by atoms with Gasteiger partial charge in [-0.15, -0.1) is 23.1 Å². The number of anilines is 1. The van der Waals surface area contributed by atoms with Crippen LogP contribution in [0.2, 0.25) is 4.34 Å². The Labute approximate surface area is 166 Å². The number of benzene rings is 1. The van der Waals surface area contributed by atoms with Crippen LogP contribution in [0.3, 0.4) is 0 Å². The van der Waals surface area contributed by atoms with Gasteiger partial charge in [-0.05, 0) is 55.5 Å². The molecule has 0 radical (unpaired) electrons. The van der Waals surface area contributed by atoms with E-state index in [0.717, 1.165) is 21.9 Å². The number of rotatable bonds is 5. The minimum absolute atomic E-state index is 0.147. The van der Waals surface area contributed by atoms with Gasteiger partial charge < -0.3 is 5.32 Å². The summed E-state index contributed by atoms with van der Waals surface area (Å²) in [4.78, 5) is 13.7. The number of piperidine rings is 1. The summed E-state index contributed by atoms with van der Waals surface area (Å²) < 4.78 is 27.5. The highest BCUT2D eigenvalue weighted by Gasteiger charge is 2.34. The van der Waals surface area contributed by atoms with Gasteiger partial charge in [0.15, 0.2) is 0 Å². The summed E-state index contributed by atoms with van der Waals surface area (Å²) >= 11 is 8.54. The molecule has 1 saturated heterocycles. The molecule has 1 amide bonds. The predicted molar refractivity (Wildman–Crippen MR) is 108 cm³/mol. The van der Waals surface area contributed by atoms with Crippen molar-refractivity contribution in [3.8, 4) is 0 Å². The molecule has 1 aliphatic heterocycles. The Morgan fingerprint density at radius 3 is 2.62 bits per heavy atom. The monoisotopic (exact) mass is 430 g/mol. The minimum Gasteiger partial charge on any atom is -0.326 e. The third-order valence-electron chi connectivity index (χ3n) is 4.26. The summed E-state index contributed by atoms with van der Waals surface area (Å²) in [5, 5.41) is 2.89. The zero-order valence-corrected chi connectivity index (χ0v) is 17.3. The van der Waals surface area contributed by atoms with Crippen LogP contribution >= 0.6 is 34.7 Å². The lowest BCUT2D eigenvalue weighted by Crippen LogP contribution is -2.43. The van der Waals surface area contributed by atoms with Gasteiger partial charge in [0.1, 0.15) is 4.21 Å². The second-order valence-electron chi connectivity index (χ2n) is 5.98. The van der Waals surface area contributed by atoms with E-state index < -0.39 is 10.0 Å². The number of amides is 1. The molecule has 1 N–H and O–H groups in total. The molecule has 0 spiro atoms. The van der Waals surface area contributed by atoms with Gasteiger partial charge in [-0.25, -0.2) is 8.42 Å². The van der Waals surface area contributed by atoms with Crippen LogP contribution in [0.5, 0.6) is 0 Å². The Kier molecular flexibility index (Phi) is 6.29. The Morgan fingerprint density at radius 1 is 1.27 bits per heavy atom. The number of nitrogens with one attached hydrogen (secondary N) is 1. The first-order valence-corrected chi connectivity index (χ1v) is 12.0. The van der Waals surface area contributed by atoms with Crippen molar-refractivity contribution in [2.75, 3.05) is 24.7 Å². The molecule has 0 bridgehead atoms. The standard InChI is InChI=1S/C17H19ClN2O3S3/c1-24-14-6-4-13(5-7-14)19-17(21)12-3-2-10-20(11-12)26(22,23)16-9-8-15(18)25-16/h4-9,12H,2-3,10-11H2,1H3,(H,19,21). The van der Waals surface area contributed by atoms with Crippen molar-refractivity contribution < 1.29 is 13.2 Å². The fourth-order valence-corrected chi connectivity index (χ4v) is 6.43. The highest BCUT2D eigenvalue weighted by Crippen LogP contribution is 2.31. The van der Waals surface area contributed by atoms with Crippen LogP contribution in [0.1, 0.15) is 12.8 Å². The van der Waals surface area contributed by atoms with Gasteiger partial charge in [-0.1, -0.05) is 11.6 Å². The zero-order chi connectivity index (χ0) is 18.7. The van der Waals surface area contributed by atoms with Gasteiger partial charge in [0, 0.05) is 23.7 Å². The number of sulfonamides is 1. The molecule has 0 aliphatic carbocycles. The van der Waals surface area contributed by atoms with E-state index >= 15 is 0 Å². The molecule has 1 aromatic heterocycles. The number of halogens is 1. The van der Waals surface area contributed by atoms with Gasteiger partial charge >= 0.3 is 0 Å². The van der Waals surface area contributed by atoms with E-state index in [4.69, 9.17) is 11.6 Å². The lowest BCUT2D eigenvalue weighted by atomic mass is 9.99. The molecular formula is C17H19ClN2O3S3. The predicted octanol–water partition coefficient (Wildman–Crippen LogP) is 4.16. The molecular weight excluding hydrogens is 412 g/mol. The molecule has 9 heteroatoms. The smallest absolute Gasteiger partial charge is 0.252 e. The van der Waals surface area contributed by atoms with Gasteiger partial charge in [0.2, 0.25) is 5.91 Å². The van der Waals surface area contributed by atoms with Gasteiger partial charge in [-0.2, -0.15) is 4.31 Å². The molecule has 1 unspecified atom stereocenters. The molecule has 0 saturated carbocycles. The Balaban J connectivity index is 1.68. The van der Waals surface area contributed by atoms with E-state index in [0.29, 0.717) is 23.7 Å². The summed E-state index contributed by atoms with van der Waals surface area (Å²) in [5.74, 6) is -0.514.